The molecule has 15 heavy (non-hydrogen) atoms. The third-order valence-electron chi connectivity index (χ3n) is 2.83. The topological polar surface area (TPSA) is 50.4 Å². The van der Waals surface area contributed by atoms with E-state index in [0.29, 0.717) is 11.5 Å². The zero-order valence-corrected chi connectivity index (χ0v) is 10.2. The van der Waals surface area contributed by atoms with E-state index < -0.39 is 5.60 Å². The Bertz CT molecular complexity index is 259. The summed E-state index contributed by atoms with van der Waals surface area (Å²) in [6.07, 6.45) is 0.811. The maximum absolute atomic E-state index is 11.4. The smallest absolute Gasteiger partial charge is 0.407 e. The predicted octanol–water partition coefficient (Wildman–Crippen LogP) is 1.29. The highest BCUT2D eigenvalue weighted by Gasteiger charge is 2.59. The van der Waals surface area contributed by atoms with Crippen molar-refractivity contribution < 1.29 is 9.53 Å². The van der Waals surface area contributed by atoms with Gasteiger partial charge in [-0.2, -0.15) is 0 Å². The zero-order chi connectivity index (χ0) is 10.4. The lowest BCUT2D eigenvalue weighted by Gasteiger charge is -2.28. The molecule has 0 bridgehead atoms. The Morgan fingerprint density at radius 1 is 1.47 bits per heavy atom. The highest BCUT2D eigenvalue weighted by atomic mass is 35.5. The summed E-state index contributed by atoms with van der Waals surface area (Å²) in [5, 5.41) is 6.13. The molecule has 2 aliphatic rings. The molecule has 1 aliphatic heterocycles. The average Bonchev–Trinajstić information content (AvgIpc) is 2.56. The van der Waals surface area contributed by atoms with E-state index in [-0.39, 0.29) is 18.5 Å². The first-order chi connectivity index (χ1) is 6.41. The van der Waals surface area contributed by atoms with Crippen molar-refractivity contribution in [1.82, 2.24) is 10.6 Å². The van der Waals surface area contributed by atoms with Crippen LogP contribution in [0.4, 0.5) is 4.79 Å². The van der Waals surface area contributed by atoms with Crippen molar-refractivity contribution in [2.24, 2.45) is 5.41 Å². The number of ether oxygens (including phenoxy) is 1. The van der Waals surface area contributed by atoms with Crippen molar-refractivity contribution in [2.75, 3.05) is 13.1 Å². The molecule has 88 valence electrons. The first-order valence-corrected chi connectivity index (χ1v) is 5.12. The van der Waals surface area contributed by atoms with Gasteiger partial charge in [-0.25, -0.2) is 4.79 Å². The fourth-order valence-electron chi connectivity index (χ4n) is 1.84. The normalized spacial score (nSPS) is 26.2. The number of carbonyl (C=O) groups excluding carboxylic acids is 1. The lowest BCUT2D eigenvalue weighted by atomic mass is 9.99. The number of halogens is 1. The molecule has 1 aliphatic carbocycles. The summed E-state index contributed by atoms with van der Waals surface area (Å²) < 4.78 is 5.18. The number of alkyl carbamates (subject to hydrolysis) is 1. The molecular formula is C10H19ClN2O2. The molecule has 1 saturated carbocycles. The minimum atomic E-state index is -0.399. The summed E-state index contributed by atoms with van der Waals surface area (Å²) >= 11 is 0. The van der Waals surface area contributed by atoms with Gasteiger partial charge in [-0.3, -0.25) is 0 Å². The van der Waals surface area contributed by atoms with E-state index in [2.05, 4.69) is 10.6 Å². The maximum Gasteiger partial charge on any atom is 0.407 e. The predicted molar refractivity (Wildman–Crippen MR) is 60.3 cm³/mol. The van der Waals surface area contributed by atoms with Crippen molar-refractivity contribution in [3.05, 3.63) is 0 Å². The molecule has 1 atom stereocenters. The van der Waals surface area contributed by atoms with E-state index in [1.54, 1.807) is 0 Å². The number of nitrogens with one attached hydrogen (secondary N) is 2. The van der Waals surface area contributed by atoms with Crippen LogP contribution in [-0.2, 0) is 4.74 Å². The van der Waals surface area contributed by atoms with E-state index in [9.17, 15) is 4.79 Å². The van der Waals surface area contributed by atoms with E-state index in [1.165, 1.54) is 0 Å². The molecule has 0 aromatic rings. The SMILES string of the molecule is CC(C)(C)OC(=O)NC1CC12CNC2.Cl. The van der Waals surface area contributed by atoms with Crippen LogP contribution in [0.1, 0.15) is 27.2 Å². The van der Waals surface area contributed by atoms with Crippen molar-refractivity contribution in [3.63, 3.8) is 0 Å². The van der Waals surface area contributed by atoms with Gasteiger partial charge in [-0.1, -0.05) is 0 Å². The third kappa shape index (κ3) is 2.75. The molecule has 4 nitrogen and oxygen atoms in total. The van der Waals surface area contributed by atoms with Crippen LogP contribution in [0, 0.1) is 5.41 Å². The van der Waals surface area contributed by atoms with E-state index >= 15 is 0 Å². The molecule has 1 unspecified atom stereocenters. The lowest BCUT2D eigenvalue weighted by molar-refractivity contribution is 0.0511. The first kappa shape index (κ1) is 12.6. The number of hydrogen-bond acceptors (Lipinski definition) is 3. The van der Waals surface area contributed by atoms with Gasteiger partial charge in [0.05, 0.1) is 0 Å². The third-order valence-corrected chi connectivity index (χ3v) is 2.83. The molecule has 0 aromatic carbocycles. The summed E-state index contributed by atoms with van der Waals surface area (Å²) in [7, 11) is 0. The van der Waals surface area contributed by atoms with E-state index in [4.69, 9.17) is 4.74 Å². The molecule has 2 N–H and O–H groups in total. The molecule has 0 aromatic heterocycles. The Morgan fingerprint density at radius 2 is 2.07 bits per heavy atom. The fourth-order valence-corrected chi connectivity index (χ4v) is 1.84. The van der Waals surface area contributed by atoms with Crippen LogP contribution in [0.3, 0.4) is 0 Å². The van der Waals surface area contributed by atoms with Crippen LogP contribution in [0.25, 0.3) is 0 Å². The van der Waals surface area contributed by atoms with Gasteiger partial charge < -0.3 is 15.4 Å². The minimum absolute atomic E-state index is 0. The van der Waals surface area contributed by atoms with Crippen molar-refractivity contribution in [3.8, 4) is 0 Å². The van der Waals surface area contributed by atoms with Crippen LogP contribution in [0.5, 0.6) is 0 Å². The van der Waals surface area contributed by atoms with Gasteiger partial charge in [0.1, 0.15) is 5.60 Å². The van der Waals surface area contributed by atoms with Gasteiger partial charge in [-0.05, 0) is 27.2 Å². The second-order valence-corrected chi connectivity index (χ2v) is 5.37. The molecule has 1 amide bonds. The summed E-state index contributed by atoms with van der Waals surface area (Å²) in [5.74, 6) is 0. The number of hydrogen-bond donors (Lipinski definition) is 2. The lowest BCUT2D eigenvalue weighted by Crippen LogP contribution is -2.49. The van der Waals surface area contributed by atoms with Gasteiger partial charge in [0.15, 0.2) is 0 Å². The van der Waals surface area contributed by atoms with Crippen molar-refractivity contribution in [2.45, 2.75) is 38.8 Å². The van der Waals surface area contributed by atoms with E-state index in [0.717, 1.165) is 19.5 Å². The van der Waals surface area contributed by atoms with Gasteiger partial charge in [0.2, 0.25) is 0 Å². The standard InChI is InChI=1S/C10H18N2O2.ClH/c1-9(2,3)14-8(13)12-7-4-10(7)5-11-6-10;/h7,11H,4-6H2,1-3H3,(H,12,13);1H. The van der Waals surface area contributed by atoms with Gasteiger partial charge in [0, 0.05) is 24.5 Å². The maximum atomic E-state index is 11.4. The summed E-state index contributed by atoms with van der Waals surface area (Å²) in [5.41, 5.74) is -0.0269. The minimum Gasteiger partial charge on any atom is -0.444 e. The van der Waals surface area contributed by atoms with Gasteiger partial charge in [0.25, 0.3) is 0 Å². The van der Waals surface area contributed by atoms with Crippen LogP contribution in [-0.4, -0.2) is 30.8 Å². The Labute approximate surface area is 96.5 Å². The molecule has 2 fully saturated rings. The van der Waals surface area contributed by atoms with Crippen LogP contribution >= 0.6 is 12.4 Å². The molecular weight excluding hydrogens is 216 g/mol. The van der Waals surface area contributed by atoms with Gasteiger partial charge >= 0.3 is 6.09 Å². The summed E-state index contributed by atoms with van der Waals surface area (Å²) in [6.45, 7) is 7.70. The summed E-state index contributed by atoms with van der Waals surface area (Å²) in [6, 6.07) is 0.332. The zero-order valence-electron chi connectivity index (χ0n) is 9.42. The fraction of sp³-hybridized carbons (Fsp3) is 0.900. The first-order valence-electron chi connectivity index (χ1n) is 5.12. The van der Waals surface area contributed by atoms with Crippen molar-refractivity contribution >= 4 is 18.5 Å². The molecule has 0 radical (unpaired) electrons. The highest BCUT2D eigenvalue weighted by molar-refractivity contribution is 5.85. The quantitative estimate of drug-likeness (QED) is 0.719. The number of amides is 1. The Balaban J connectivity index is 0.00000112. The molecule has 2 rings (SSSR count). The number of rotatable bonds is 1. The van der Waals surface area contributed by atoms with E-state index in [1.807, 2.05) is 20.8 Å². The Kier molecular flexibility index (Phi) is 3.22. The molecule has 1 spiro atoms. The molecule has 1 saturated heterocycles. The second-order valence-electron chi connectivity index (χ2n) is 5.37. The van der Waals surface area contributed by atoms with Crippen molar-refractivity contribution in [1.29, 1.82) is 0 Å². The monoisotopic (exact) mass is 234 g/mol. The summed E-state index contributed by atoms with van der Waals surface area (Å²) in [4.78, 5) is 11.4. The second kappa shape index (κ2) is 3.83. The van der Waals surface area contributed by atoms with Crippen LogP contribution < -0.4 is 10.6 Å². The van der Waals surface area contributed by atoms with Crippen LogP contribution in [0.2, 0.25) is 0 Å². The average molecular weight is 235 g/mol. The largest absolute Gasteiger partial charge is 0.444 e. The Morgan fingerprint density at radius 3 is 2.40 bits per heavy atom. The number of carbonyl (C=O) groups is 1. The van der Waals surface area contributed by atoms with Crippen LogP contribution in [0.15, 0.2) is 0 Å². The molecule has 1 heterocycles. The Hall–Kier alpha value is -0.480. The molecule has 5 heteroatoms. The van der Waals surface area contributed by atoms with Gasteiger partial charge in [-0.15, -0.1) is 12.4 Å². The highest BCUT2D eigenvalue weighted by Crippen LogP contribution is 2.48.